The molecule has 22 heavy (non-hydrogen) atoms. The standard InChI is InChI=1S/C17H21N5/c1-3-4-9-19-17-16-15(20-13(2)21-17)7-10-22(16)12-14-6-5-8-18-11-14/h5-8,10-11H,3-4,9,12H2,1-2H3,(H,19,20,21). The van der Waals surface area contributed by atoms with Crippen LogP contribution >= 0.6 is 0 Å². The van der Waals surface area contributed by atoms with Crippen molar-refractivity contribution < 1.29 is 0 Å². The van der Waals surface area contributed by atoms with Crippen molar-refractivity contribution in [2.75, 3.05) is 11.9 Å². The zero-order valence-electron chi connectivity index (χ0n) is 13.1. The molecule has 5 heteroatoms. The SMILES string of the molecule is CCCCNc1nc(C)nc2ccn(Cc3cccnc3)c12. The van der Waals surface area contributed by atoms with Crippen LogP contribution in [-0.4, -0.2) is 26.1 Å². The monoisotopic (exact) mass is 295 g/mol. The average molecular weight is 295 g/mol. The Kier molecular flexibility index (Phi) is 4.32. The fourth-order valence-electron chi connectivity index (χ4n) is 2.55. The molecule has 0 aliphatic rings. The summed E-state index contributed by atoms with van der Waals surface area (Å²) in [6.07, 6.45) is 8.05. The van der Waals surface area contributed by atoms with Gasteiger partial charge in [-0.3, -0.25) is 4.98 Å². The third-order valence-corrected chi connectivity index (χ3v) is 3.62. The molecule has 1 N–H and O–H groups in total. The molecule has 0 saturated heterocycles. The molecule has 3 heterocycles. The van der Waals surface area contributed by atoms with Crippen LogP contribution in [0.15, 0.2) is 36.8 Å². The minimum Gasteiger partial charge on any atom is -0.368 e. The molecule has 0 atom stereocenters. The fourth-order valence-corrected chi connectivity index (χ4v) is 2.55. The molecule has 3 rings (SSSR count). The van der Waals surface area contributed by atoms with Gasteiger partial charge in [0.25, 0.3) is 0 Å². The Morgan fingerprint density at radius 1 is 1.23 bits per heavy atom. The van der Waals surface area contributed by atoms with Crippen molar-refractivity contribution in [2.45, 2.75) is 33.2 Å². The highest BCUT2D eigenvalue weighted by Gasteiger charge is 2.11. The first-order valence-corrected chi connectivity index (χ1v) is 7.74. The van der Waals surface area contributed by atoms with Crippen molar-refractivity contribution in [1.82, 2.24) is 19.5 Å². The number of hydrogen-bond acceptors (Lipinski definition) is 4. The molecule has 0 radical (unpaired) electrons. The molecule has 0 aliphatic carbocycles. The summed E-state index contributed by atoms with van der Waals surface area (Å²) in [7, 11) is 0. The zero-order valence-corrected chi connectivity index (χ0v) is 13.1. The lowest BCUT2D eigenvalue weighted by Gasteiger charge is -2.11. The smallest absolute Gasteiger partial charge is 0.154 e. The van der Waals surface area contributed by atoms with Crippen LogP contribution in [0.2, 0.25) is 0 Å². The van der Waals surface area contributed by atoms with E-state index in [2.05, 4.69) is 44.0 Å². The first kappa shape index (κ1) is 14.5. The molecule has 0 aliphatic heterocycles. The van der Waals surface area contributed by atoms with Gasteiger partial charge < -0.3 is 9.88 Å². The maximum absolute atomic E-state index is 4.59. The van der Waals surface area contributed by atoms with E-state index in [4.69, 9.17) is 0 Å². The van der Waals surface area contributed by atoms with Gasteiger partial charge in [-0.2, -0.15) is 0 Å². The number of pyridine rings is 1. The van der Waals surface area contributed by atoms with Gasteiger partial charge in [0.15, 0.2) is 5.82 Å². The maximum Gasteiger partial charge on any atom is 0.154 e. The molecule has 0 bridgehead atoms. The average Bonchev–Trinajstić information content (AvgIpc) is 2.91. The van der Waals surface area contributed by atoms with E-state index in [1.807, 2.05) is 25.3 Å². The summed E-state index contributed by atoms with van der Waals surface area (Å²) >= 11 is 0. The van der Waals surface area contributed by atoms with E-state index in [0.717, 1.165) is 48.6 Å². The molecule has 0 spiro atoms. The van der Waals surface area contributed by atoms with Crippen molar-refractivity contribution in [3.8, 4) is 0 Å². The van der Waals surface area contributed by atoms with Gasteiger partial charge in [0.05, 0.1) is 5.52 Å². The number of anilines is 1. The van der Waals surface area contributed by atoms with Gasteiger partial charge in [-0.05, 0) is 31.0 Å². The Morgan fingerprint density at radius 3 is 2.91 bits per heavy atom. The van der Waals surface area contributed by atoms with Crippen molar-refractivity contribution in [2.24, 2.45) is 0 Å². The third kappa shape index (κ3) is 3.08. The quantitative estimate of drug-likeness (QED) is 0.708. The van der Waals surface area contributed by atoms with Crippen LogP contribution in [0.25, 0.3) is 11.0 Å². The van der Waals surface area contributed by atoms with Gasteiger partial charge in [-0.1, -0.05) is 19.4 Å². The maximum atomic E-state index is 4.59. The molecule has 0 unspecified atom stereocenters. The zero-order chi connectivity index (χ0) is 15.4. The topological polar surface area (TPSA) is 55.6 Å². The lowest BCUT2D eigenvalue weighted by atomic mass is 10.3. The summed E-state index contributed by atoms with van der Waals surface area (Å²) in [5.41, 5.74) is 3.21. The van der Waals surface area contributed by atoms with E-state index in [1.165, 1.54) is 5.56 Å². The van der Waals surface area contributed by atoms with E-state index in [1.54, 1.807) is 6.20 Å². The number of nitrogens with zero attached hydrogens (tertiary/aromatic N) is 4. The Morgan fingerprint density at radius 2 is 2.14 bits per heavy atom. The largest absolute Gasteiger partial charge is 0.368 e. The molecule has 3 aromatic heterocycles. The molecule has 0 saturated carbocycles. The number of rotatable bonds is 6. The Bertz CT molecular complexity index is 748. The number of nitrogens with one attached hydrogen (secondary N) is 1. The predicted octanol–water partition coefficient (Wildman–Crippen LogP) is 3.40. The molecule has 5 nitrogen and oxygen atoms in total. The highest BCUT2D eigenvalue weighted by Crippen LogP contribution is 2.22. The van der Waals surface area contributed by atoms with Crippen LogP contribution < -0.4 is 5.32 Å². The van der Waals surface area contributed by atoms with Gasteiger partial charge in [0.2, 0.25) is 0 Å². The van der Waals surface area contributed by atoms with Crippen molar-refractivity contribution in [3.63, 3.8) is 0 Å². The summed E-state index contributed by atoms with van der Waals surface area (Å²) in [6.45, 7) is 5.82. The normalized spacial score (nSPS) is 11.0. The lowest BCUT2D eigenvalue weighted by molar-refractivity contribution is 0.815. The van der Waals surface area contributed by atoms with Gasteiger partial charge in [0.1, 0.15) is 11.3 Å². The first-order valence-electron chi connectivity index (χ1n) is 7.74. The van der Waals surface area contributed by atoms with Crippen molar-refractivity contribution in [1.29, 1.82) is 0 Å². The molecular weight excluding hydrogens is 274 g/mol. The number of unbranched alkanes of at least 4 members (excludes halogenated alkanes) is 1. The summed E-state index contributed by atoms with van der Waals surface area (Å²) in [5, 5.41) is 3.45. The second kappa shape index (κ2) is 6.56. The van der Waals surface area contributed by atoms with Crippen LogP contribution in [0.1, 0.15) is 31.2 Å². The number of aromatic nitrogens is 4. The Hall–Kier alpha value is -2.43. The lowest BCUT2D eigenvalue weighted by Crippen LogP contribution is -2.08. The van der Waals surface area contributed by atoms with E-state index < -0.39 is 0 Å². The number of fused-ring (bicyclic) bond motifs is 1. The second-order valence-corrected chi connectivity index (χ2v) is 5.44. The highest BCUT2D eigenvalue weighted by molar-refractivity contribution is 5.86. The first-order chi connectivity index (χ1) is 10.8. The van der Waals surface area contributed by atoms with Crippen molar-refractivity contribution in [3.05, 3.63) is 48.2 Å². The summed E-state index contributed by atoms with van der Waals surface area (Å²) in [4.78, 5) is 13.3. The van der Waals surface area contributed by atoms with Gasteiger partial charge in [0, 0.05) is 31.7 Å². The molecule has 0 fully saturated rings. The summed E-state index contributed by atoms with van der Waals surface area (Å²) < 4.78 is 2.18. The van der Waals surface area contributed by atoms with Gasteiger partial charge in [-0.15, -0.1) is 0 Å². The highest BCUT2D eigenvalue weighted by atomic mass is 15.1. The van der Waals surface area contributed by atoms with Gasteiger partial charge >= 0.3 is 0 Å². The van der Waals surface area contributed by atoms with Crippen LogP contribution in [-0.2, 0) is 6.54 Å². The third-order valence-electron chi connectivity index (χ3n) is 3.62. The van der Waals surface area contributed by atoms with E-state index in [-0.39, 0.29) is 0 Å². The predicted molar refractivity (Wildman–Crippen MR) is 89.0 cm³/mol. The summed E-state index contributed by atoms with van der Waals surface area (Å²) in [6, 6.07) is 6.09. The molecule has 114 valence electrons. The Balaban J connectivity index is 1.96. The molecule has 0 amide bonds. The second-order valence-electron chi connectivity index (χ2n) is 5.44. The summed E-state index contributed by atoms with van der Waals surface area (Å²) in [5.74, 6) is 1.72. The minimum absolute atomic E-state index is 0.770. The van der Waals surface area contributed by atoms with Gasteiger partial charge in [-0.25, -0.2) is 9.97 Å². The Labute approximate surface area is 130 Å². The minimum atomic E-state index is 0.770. The van der Waals surface area contributed by atoms with E-state index >= 15 is 0 Å². The van der Waals surface area contributed by atoms with Crippen LogP contribution in [0.3, 0.4) is 0 Å². The van der Waals surface area contributed by atoms with Crippen LogP contribution in [0.4, 0.5) is 5.82 Å². The molecule has 0 aromatic carbocycles. The van der Waals surface area contributed by atoms with Crippen LogP contribution in [0, 0.1) is 6.92 Å². The molecular formula is C17H21N5. The fraction of sp³-hybridized carbons (Fsp3) is 0.353. The number of aryl methyl sites for hydroxylation is 1. The molecule has 3 aromatic rings. The van der Waals surface area contributed by atoms with Crippen molar-refractivity contribution >= 4 is 16.9 Å². The van der Waals surface area contributed by atoms with Crippen LogP contribution in [0.5, 0.6) is 0 Å². The number of hydrogen-bond donors (Lipinski definition) is 1. The van der Waals surface area contributed by atoms with E-state index in [9.17, 15) is 0 Å². The van der Waals surface area contributed by atoms with E-state index in [0.29, 0.717) is 0 Å².